The van der Waals surface area contributed by atoms with E-state index in [1.54, 1.807) is 0 Å². The van der Waals surface area contributed by atoms with Crippen LogP contribution in [0.25, 0.3) is 11.1 Å². The molecule has 0 bridgehead atoms. The number of hydrogen-bond acceptors (Lipinski definition) is 3. The number of benzene rings is 2. The fourth-order valence-corrected chi connectivity index (χ4v) is 5.07. The standard InChI is InChI=1S/C33H48O3/c1-3-5-7-9-11-13-15-17-23-35-27-19-21-29-30-22-20-28(26-32(30)33(34)31(29)25-27)36-24-18-16-14-12-10-8-6-4-2/h19-22,25-26H,3-18,23-24H2,1-2H3. The fourth-order valence-electron chi connectivity index (χ4n) is 5.07. The monoisotopic (exact) mass is 492 g/mol. The van der Waals surface area contributed by atoms with Gasteiger partial charge in [0.2, 0.25) is 0 Å². The Morgan fingerprint density at radius 2 is 0.833 bits per heavy atom. The maximum atomic E-state index is 13.1. The Hall–Kier alpha value is -2.29. The van der Waals surface area contributed by atoms with Crippen molar-refractivity contribution in [1.82, 2.24) is 0 Å². The lowest BCUT2D eigenvalue weighted by atomic mass is 10.1. The second-order valence-electron chi connectivity index (χ2n) is 10.4. The van der Waals surface area contributed by atoms with Gasteiger partial charge in [0.1, 0.15) is 11.5 Å². The summed E-state index contributed by atoms with van der Waals surface area (Å²) in [5.41, 5.74) is 3.50. The van der Waals surface area contributed by atoms with Crippen molar-refractivity contribution < 1.29 is 14.3 Å². The third-order valence-electron chi connectivity index (χ3n) is 7.29. The van der Waals surface area contributed by atoms with Gasteiger partial charge in [0.15, 0.2) is 5.78 Å². The van der Waals surface area contributed by atoms with Crippen LogP contribution in [0.5, 0.6) is 11.5 Å². The molecule has 0 fully saturated rings. The van der Waals surface area contributed by atoms with Crippen LogP contribution in [0.1, 0.15) is 133 Å². The molecular weight excluding hydrogens is 444 g/mol. The molecule has 36 heavy (non-hydrogen) atoms. The summed E-state index contributed by atoms with van der Waals surface area (Å²) in [7, 11) is 0. The molecule has 0 aliphatic heterocycles. The quantitative estimate of drug-likeness (QED) is 0.147. The predicted octanol–water partition coefficient (Wildman–Crippen LogP) is 9.94. The number of unbranched alkanes of at least 4 members (excludes halogenated alkanes) is 14. The summed E-state index contributed by atoms with van der Waals surface area (Å²) in [6.45, 7) is 5.94. The third-order valence-corrected chi connectivity index (χ3v) is 7.29. The minimum Gasteiger partial charge on any atom is -0.494 e. The summed E-state index contributed by atoms with van der Waals surface area (Å²) in [5, 5.41) is 0. The molecule has 1 aliphatic rings. The predicted molar refractivity (Wildman–Crippen MR) is 152 cm³/mol. The van der Waals surface area contributed by atoms with Gasteiger partial charge in [-0.3, -0.25) is 4.79 Å². The Morgan fingerprint density at radius 1 is 0.472 bits per heavy atom. The SMILES string of the molecule is CCCCCCCCCCOc1ccc2c(c1)C(=O)c1cc(OCCCCCCCCCC)ccc1-2. The van der Waals surface area contributed by atoms with Gasteiger partial charge in [-0.15, -0.1) is 0 Å². The summed E-state index contributed by atoms with van der Waals surface area (Å²) in [6.07, 6.45) is 20.6. The third kappa shape index (κ3) is 8.98. The van der Waals surface area contributed by atoms with Gasteiger partial charge in [-0.25, -0.2) is 0 Å². The molecular formula is C33H48O3. The second-order valence-corrected chi connectivity index (χ2v) is 10.4. The maximum Gasteiger partial charge on any atom is 0.194 e. The van der Waals surface area contributed by atoms with E-state index in [-0.39, 0.29) is 5.78 Å². The van der Waals surface area contributed by atoms with E-state index < -0.39 is 0 Å². The summed E-state index contributed by atoms with van der Waals surface area (Å²) >= 11 is 0. The van der Waals surface area contributed by atoms with E-state index in [0.29, 0.717) is 13.2 Å². The van der Waals surface area contributed by atoms with E-state index in [0.717, 1.165) is 46.6 Å². The highest BCUT2D eigenvalue weighted by molar-refractivity contribution is 6.22. The first kappa shape index (κ1) is 28.3. The van der Waals surface area contributed by atoms with Crippen LogP contribution in [0.3, 0.4) is 0 Å². The lowest BCUT2D eigenvalue weighted by molar-refractivity contribution is 0.104. The van der Waals surface area contributed by atoms with Gasteiger partial charge in [0, 0.05) is 11.1 Å². The van der Waals surface area contributed by atoms with Crippen molar-refractivity contribution >= 4 is 5.78 Å². The molecule has 0 N–H and O–H groups in total. The summed E-state index contributed by atoms with van der Waals surface area (Å²) in [6, 6.07) is 11.9. The molecule has 0 unspecified atom stereocenters. The van der Waals surface area contributed by atoms with Gasteiger partial charge in [-0.05, 0) is 60.4 Å². The van der Waals surface area contributed by atoms with Crippen LogP contribution < -0.4 is 9.47 Å². The minimum atomic E-state index is 0.0788. The molecule has 0 saturated carbocycles. The van der Waals surface area contributed by atoms with E-state index in [2.05, 4.69) is 13.8 Å². The molecule has 0 heterocycles. The molecule has 2 aromatic carbocycles. The molecule has 198 valence electrons. The number of ketones is 1. The highest BCUT2D eigenvalue weighted by Gasteiger charge is 2.27. The second kappa shape index (κ2) is 16.5. The van der Waals surface area contributed by atoms with Gasteiger partial charge < -0.3 is 9.47 Å². The molecule has 0 radical (unpaired) electrons. The zero-order valence-electron chi connectivity index (χ0n) is 22.9. The number of fused-ring (bicyclic) bond motifs is 3. The minimum absolute atomic E-state index is 0.0788. The molecule has 3 rings (SSSR count). The van der Waals surface area contributed by atoms with Crippen LogP contribution in [0.2, 0.25) is 0 Å². The van der Waals surface area contributed by atoms with Crippen molar-refractivity contribution in [3.63, 3.8) is 0 Å². The molecule has 0 saturated heterocycles. The average molecular weight is 493 g/mol. The van der Waals surface area contributed by atoms with E-state index in [1.807, 2.05) is 36.4 Å². The fraction of sp³-hybridized carbons (Fsp3) is 0.606. The number of carbonyl (C=O) groups is 1. The van der Waals surface area contributed by atoms with E-state index in [4.69, 9.17) is 9.47 Å². The van der Waals surface area contributed by atoms with Gasteiger partial charge in [-0.2, -0.15) is 0 Å². The smallest absolute Gasteiger partial charge is 0.194 e. The first-order valence-electron chi connectivity index (χ1n) is 14.8. The molecule has 0 amide bonds. The Balaban J connectivity index is 1.39. The van der Waals surface area contributed by atoms with Crippen LogP contribution in [-0.2, 0) is 0 Å². The number of carbonyl (C=O) groups excluding carboxylic acids is 1. The van der Waals surface area contributed by atoms with Gasteiger partial charge in [-0.1, -0.05) is 104 Å². The van der Waals surface area contributed by atoms with Crippen LogP contribution in [0, 0.1) is 0 Å². The highest BCUT2D eigenvalue weighted by atomic mass is 16.5. The largest absolute Gasteiger partial charge is 0.494 e. The van der Waals surface area contributed by atoms with Crippen LogP contribution in [0.15, 0.2) is 36.4 Å². The summed E-state index contributed by atoms with van der Waals surface area (Å²) < 4.78 is 12.0. The lowest BCUT2D eigenvalue weighted by Gasteiger charge is -2.08. The topological polar surface area (TPSA) is 35.5 Å². The van der Waals surface area contributed by atoms with Crippen molar-refractivity contribution in [1.29, 1.82) is 0 Å². The van der Waals surface area contributed by atoms with E-state index in [9.17, 15) is 4.79 Å². The molecule has 0 spiro atoms. The summed E-state index contributed by atoms with van der Waals surface area (Å²) in [4.78, 5) is 13.1. The van der Waals surface area contributed by atoms with Crippen molar-refractivity contribution in [2.24, 2.45) is 0 Å². The molecule has 1 aliphatic carbocycles. The van der Waals surface area contributed by atoms with Crippen molar-refractivity contribution in [3.05, 3.63) is 47.5 Å². The molecule has 0 atom stereocenters. The zero-order valence-corrected chi connectivity index (χ0v) is 22.9. The molecule has 3 heteroatoms. The van der Waals surface area contributed by atoms with E-state index >= 15 is 0 Å². The molecule has 0 aromatic heterocycles. The maximum absolute atomic E-state index is 13.1. The first-order valence-corrected chi connectivity index (χ1v) is 14.8. The first-order chi connectivity index (χ1) is 17.7. The van der Waals surface area contributed by atoms with Crippen LogP contribution in [0.4, 0.5) is 0 Å². The zero-order chi connectivity index (χ0) is 25.4. The molecule has 3 nitrogen and oxygen atoms in total. The lowest BCUT2D eigenvalue weighted by Crippen LogP contribution is -2.01. The number of rotatable bonds is 20. The van der Waals surface area contributed by atoms with Gasteiger partial charge in [0.05, 0.1) is 13.2 Å². The Morgan fingerprint density at radius 3 is 1.22 bits per heavy atom. The van der Waals surface area contributed by atoms with Crippen molar-refractivity contribution in [3.8, 4) is 22.6 Å². The number of hydrogen-bond donors (Lipinski definition) is 0. The van der Waals surface area contributed by atoms with Crippen molar-refractivity contribution in [2.45, 2.75) is 117 Å². The Bertz CT molecular complexity index is 844. The highest BCUT2D eigenvalue weighted by Crippen LogP contribution is 2.40. The van der Waals surface area contributed by atoms with Gasteiger partial charge in [0.25, 0.3) is 0 Å². The van der Waals surface area contributed by atoms with E-state index in [1.165, 1.54) is 89.9 Å². The van der Waals surface area contributed by atoms with Crippen molar-refractivity contribution in [2.75, 3.05) is 13.2 Å². The Labute approximate surface area is 220 Å². The average Bonchev–Trinajstić information content (AvgIpc) is 3.17. The van der Waals surface area contributed by atoms with Gasteiger partial charge >= 0.3 is 0 Å². The molecule has 2 aromatic rings. The summed E-state index contributed by atoms with van der Waals surface area (Å²) in [5.74, 6) is 1.67. The normalized spacial score (nSPS) is 12.0. The Kier molecular flexibility index (Phi) is 12.9. The van der Waals surface area contributed by atoms with Crippen LogP contribution >= 0.6 is 0 Å². The van der Waals surface area contributed by atoms with Crippen LogP contribution in [-0.4, -0.2) is 19.0 Å². The number of ether oxygens (including phenoxy) is 2.